The first-order chi connectivity index (χ1) is 9.50. The first kappa shape index (κ1) is 13.7. The van der Waals surface area contributed by atoms with E-state index in [1.807, 2.05) is 42.5 Å². The van der Waals surface area contributed by atoms with E-state index in [0.29, 0.717) is 5.69 Å². The van der Waals surface area contributed by atoms with Crippen LogP contribution in [0, 0.1) is 0 Å². The number of aromatic nitrogens is 1. The molecule has 5 heteroatoms. The molecule has 0 unspecified atom stereocenters. The van der Waals surface area contributed by atoms with Gasteiger partial charge in [-0.25, -0.2) is 4.98 Å². The van der Waals surface area contributed by atoms with E-state index in [2.05, 4.69) is 4.98 Å². The number of halogens is 3. The zero-order chi connectivity index (χ0) is 14.3. The van der Waals surface area contributed by atoms with Crippen LogP contribution in [0.2, 0.25) is 0 Å². The Labute approximate surface area is 131 Å². The van der Waals surface area contributed by atoms with Crippen LogP contribution in [-0.4, -0.2) is 12.1 Å². The van der Waals surface area contributed by atoms with Crippen molar-refractivity contribution in [3.05, 3.63) is 48.2 Å². The summed E-state index contributed by atoms with van der Waals surface area (Å²) in [5.74, 6) is 0.754. The van der Waals surface area contributed by atoms with Crippen molar-refractivity contribution in [2.75, 3.05) is 7.11 Å². The molecule has 0 spiro atoms. The molecule has 0 fully saturated rings. The van der Waals surface area contributed by atoms with Crippen molar-refractivity contribution in [2.24, 2.45) is 0 Å². The van der Waals surface area contributed by atoms with Crippen molar-refractivity contribution in [2.45, 2.75) is 3.79 Å². The van der Waals surface area contributed by atoms with E-state index in [9.17, 15) is 0 Å². The third kappa shape index (κ3) is 2.28. The van der Waals surface area contributed by atoms with Crippen LogP contribution >= 0.6 is 34.8 Å². The average Bonchev–Trinajstić information content (AvgIpc) is 2.44. The summed E-state index contributed by atoms with van der Waals surface area (Å²) >= 11 is 18.1. The van der Waals surface area contributed by atoms with Gasteiger partial charge in [0.15, 0.2) is 0 Å². The average molecular weight is 327 g/mol. The summed E-state index contributed by atoms with van der Waals surface area (Å²) in [7, 11) is 1.63. The molecule has 0 aliphatic rings. The fourth-order valence-corrected chi connectivity index (χ4v) is 2.71. The Hall–Kier alpha value is -1.22. The third-order valence-electron chi connectivity index (χ3n) is 3.18. The zero-order valence-electron chi connectivity index (χ0n) is 10.5. The van der Waals surface area contributed by atoms with Crippen LogP contribution in [0.1, 0.15) is 5.69 Å². The highest BCUT2D eigenvalue weighted by Crippen LogP contribution is 2.42. The molecule has 0 radical (unpaired) electrons. The molecule has 0 bridgehead atoms. The van der Waals surface area contributed by atoms with Crippen LogP contribution in [0.25, 0.3) is 21.7 Å². The fourth-order valence-electron chi connectivity index (χ4n) is 2.28. The van der Waals surface area contributed by atoms with Gasteiger partial charge in [-0.3, -0.25) is 0 Å². The maximum atomic E-state index is 6.05. The number of pyridine rings is 1. The lowest BCUT2D eigenvalue weighted by Gasteiger charge is -2.16. The Morgan fingerprint density at radius 2 is 1.70 bits per heavy atom. The minimum atomic E-state index is -1.57. The summed E-state index contributed by atoms with van der Waals surface area (Å²) in [6, 6.07) is 13.4. The molecule has 0 aliphatic heterocycles. The molecule has 102 valence electrons. The van der Waals surface area contributed by atoms with E-state index in [-0.39, 0.29) is 0 Å². The summed E-state index contributed by atoms with van der Waals surface area (Å²) in [5, 5.41) is 2.76. The van der Waals surface area contributed by atoms with E-state index in [1.54, 1.807) is 7.11 Å². The number of benzene rings is 2. The molecule has 3 rings (SSSR count). The summed E-state index contributed by atoms with van der Waals surface area (Å²) in [6.45, 7) is 0. The number of alkyl halides is 3. The zero-order valence-corrected chi connectivity index (χ0v) is 12.8. The number of hydrogen-bond donors (Lipinski definition) is 0. The number of ether oxygens (including phenoxy) is 1. The van der Waals surface area contributed by atoms with E-state index < -0.39 is 3.79 Å². The molecule has 0 aliphatic carbocycles. The third-order valence-corrected chi connectivity index (χ3v) is 3.71. The van der Waals surface area contributed by atoms with Crippen LogP contribution in [0.5, 0.6) is 5.75 Å². The van der Waals surface area contributed by atoms with E-state index >= 15 is 0 Å². The predicted molar refractivity (Wildman–Crippen MR) is 85.0 cm³/mol. The predicted octanol–water partition coefficient (Wildman–Crippen LogP) is 5.22. The molecule has 2 aromatic carbocycles. The van der Waals surface area contributed by atoms with Gasteiger partial charge >= 0.3 is 0 Å². The van der Waals surface area contributed by atoms with Gasteiger partial charge in [-0.2, -0.15) is 0 Å². The number of fused-ring (bicyclic) bond motifs is 3. The Kier molecular flexibility index (Phi) is 3.41. The molecule has 0 saturated carbocycles. The minimum absolute atomic E-state index is 0.429. The molecule has 0 amide bonds. The molecule has 0 saturated heterocycles. The van der Waals surface area contributed by atoms with Gasteiger partial charge in [-0.1, -0.05) is 53.0 Å². The molecule has 0 N–H and O–H groups in total. The van der Waals surface area contributed by atoms with Crippen molar-refractivity contribution in [3.8, 4) is 5.75 Å². The molecule has 20 heavy (non-hydrogen) atoms. The van der Waals surface area contributed by atoms with E-state index in [4.69, 9.17) is 39.5 Å². The van der Waals surface area contributed by atoms with Crippen molar-refractivity contribution in [1.82, 2.24) is 4.98 Å². The van der Waals surface area contributed by atoms with Gasteiger partial charge in [0.05, 0.1) is 12.6 Å². The number of methoxy groups -OCH3 is 1. The van der Waals surface area contributed by atoms with Crippen LogP contribution in [-0.2, 0) is 3.79 Å². The molecule has 1 aromatic heterocycles. The van der Waals surface area contributed by atoms with E-state index in [0.717, 1.165) is 27.4 Å². The standard InChI is InChI=1S/C15H10Cl3NO/c1-20-9-6-7-11-12(8-9)10-4-2-3-5-13(10)19-14(11)15(16,17)18/h2-8H,1H3. The van der Waals surface area contributed by atoms with Crippen molar-refractivity contribution in [1.29, 1.82) is 0 Å². The Morgan fingerprint density at radius 1 is 0.950 bits per heavy atom. The molecular weight excluding hydrogens is 317 g/mol. The first-order valence-corrected chi connectivity index (χ1v) is 7.08. The second-order valence-corrected chi connectivity index (χ2v) is 6.67. The number of hydrogen-bond acceptors (Lipinski definition) is 2. The monoisotopic (exact) mass is 325 g/mol. The lowest BCUT2D eigenvalue weighted by atomic mass is 10.0. The molecule has 1 heterocycles. The van der Waals surface area contributed by atoms with Gasteiger partial charge < -0.3 is 4.74 Å². The maximum absolute atomic E-state index is 6.05. The summed E-state index contributed by atoms with van der Waals surface area (Å²) in [6.07, 6.45) is 0. The molecular formula is C15H10Cl3NO. The van der Waals surface area contributed by atoms with Crippen LogP contribution < -0.4 is 4.74 Å². The summed E-state index contributed by atoms with van der Waals surface area (Å²) in [4.78, 5) is 4.49. The highest BCUT2D eigenvalue weighted by Gasteiger charge is 2.28. The number of nitrogens with zero attached hydrogens (tertiary/aromatic N) is 1. The van der Waals surface area contributed by atoms with Gasteiger partial charge in [0.2, 0.25) is 3.79 Å². The normalized spacial score (nSPS) is 12.0. The smallest absolute Gasteiger partial charge is 0.233 e. The Bertz CT molecular complexity index is 796. The number of rotatable bonds is 1. The first-order valence-electron chi connectivity index (χ1n) is 5.94. The molecule has 0 atom stereocenters. The topological polar surface area (TPSA) is 22.1 Å². The largest absolute Gasteiger partial charge is 0.497 e. The quantitative estimate of drug-likeness (QED) is 0.451. The molecule has 3 aromatic rings. The van der Waals surface area contributed by atoms with Crippen molar-refractivity contribution in [3.63, 3.8) is 0 Å². The Morgan fingerprint density at radius 3 is 2.40 bits per heavy atom. The van der Waals surface area contributed by atoms with Gasteiger partial charge in [0.1, 0.15) is 11.4 Å². The van der Waals surface area contributed by atoms with Gasteiger partial charge in [0, 0.05) is 10.8 Å². The summed E-state index contributed by atoms with van der Waals surface area (Å²) < 4.78 is 3.70. The maximum Gasteiger partial charge on any atom is 0.233 e. The fraction of sp³-hybridized carbons (Fsp3) is 0.133. The highest BCUT2D eigenvalue weighted by molar-refractivity contribution is 6.67. The van der Waals surface area contributed by atoms with Crippen molar-refractivity contribution < 1.29 is 4.74 Å². The van der Waals surface area contributed by atoms with Crippen LogP contribution in [0.3, 0.4) is 0 Å². The summed E-state index contributed by atoms with van der Waals surface area (Å²) in [5.41, 5.74) is 1.22. The van der Waals surface area contributed by atoms with E-state index in [1.165, 1.54) is 0 Å². The lowest BCUT2D eigenvalue weighted by Crippen LogP contribution is -2.05. The Balaban J connectivity index is 2.50. The minimum Gasteiger partial charge on any atom is -0.497 e. The van der Waals surface area contributed by atoms with Crippen LogP contribution in [0.15, 0.2) is 42.5 Å². The second kappa shape index (κ2) is 4.96. The van der Waals surface area contributed by atoms with Gasteiger partial charge in [-0.15, -0.1) is 0 Å². The van der Waals surface area contributed by atoms with Gasteiger partial charge in [-0.05, 0) is 29.7 Å². The SMILES string of the molecule is COc1ccc2c(C(Cl)(Cl)Cl)nc3ccccc3c2c1. The lowest BCUT2D eigenvalue weighted by molar-refractivity contribution is 0.415. The van der Waals surface area contributed by atoms with Crippen molar-refractivity contribution >= 4 is 56.5 Å². The highest BCUT2D eigenvalue weighted by atomic mass is 35.6. The molecule has 2 nitrogen and oxygen atoms in total. The second-order valence-electron chi connectivity index (χ2n) is 4.39. The number of para-hydroxylation sites is 1. The van der Waals surface area contributed by atoms with Crippen LogP contribution in [0.4, 0.5) is 0 Å². The van der Waals surface area contributed by atoms with Gasteiger partial charge in [0.25, 0.3) is 0 Å².